The SMILES string of the molecule is COc1cc(NC(=O)c2ccon2)ccc1S(N)(=O)=O. The van der Waals surface area contributed by atoms with E-state index in [4.69, 9.17) is 9.88 Å². The zero-order chi connectivity index (χ0) is 14.8. The molecular formula is C11H11N3O5S. The Morgan fingerprint density at radius 2 is 2.15 bits per heavy atom. The first-order valence-electron chi connectivity index (χ1n) is 5.34. The van der Waals surface area contributed by atoms with Crippen LogP contribution in [0, 0.1) is 0 Å². The van der Waals surface area contributed by atoms with Crippen molar-refractivity contribution in [2.45, 2.75) is 4.90 Å². The molecule has 0 aliphatic rings. The number of anilines is 1. The average molecular weight is 297 g/mol. The Labute approximate surface area is 114 Å². The maximum absolute atomic E-state index is 11.7. The van der Waals surface area contributed by atoms with Crippen LogP contribution in [0.15, 0.2) is 39.9 Å². The maximum atomic E-state index is 11.7. The van der Waals surface area contributed by atoms with E-state index >= 15 is 0 Å². The number of benzene rings is 1. The van der Waals surface area contributed by atoms with Gasteiger partial charge in [0.15, 0.2) is 5.69 Å². The fourth-order valence-electron chi connectivity index (χ4n) is 1.51. The van der Waals surface area contributed by atoms with E-state index < -0.39 is 15.9 Å². The molecule has 8 nitrogen and oxygen atoms in total. The van der Waals surface area contributed by atoms with Gasteiger partial charge in [0, 0.05) is 17.8 Å². The monoisotopic (exact) mass is 297 g/mol. The lowest BCUT2D eigenvalue weighted by Gasteiger charge is -2.09. The summed E-state index contributed by atoms with van der Waals surface area (Å²) in [6.07, 6.45) is 1.26. The van der Waals surface area contributed by atoms with Crippen molar-refractivity contribution in [3.05, 3.63) is 36.2 Å². The number of rotatable bonds is 4. The largest absolute Gasteiger partial charge is 0.495 e. The Balaban J connectivity index is 2.29. The lowest BCUT2D eigenvalue weighted by atomic mass is 10.3. The number of nitrogens with one attached hydrogen (secondary N) is 1. The minimum atomic E-state index is -3.90. The van der Waals surface area contributed by atoms with E-state index in [1.54, 1.807) is 0 Å². The predicted molar refractivity (Wildman–Crippen MR) is 68.8 cm³/mol. The van der Waals surface area contributed by atoms with Crippen LogP contribution in [-0.4, -0.2) is 26.6 Å². The molecule has 0 atom stereocenters. The third-order valence-corrected chi connectivity index (χ3v) is 3.35. The number of carbonyl (C=O) groups excluding carboxylic acids is 1. The molecule has 0 saturated heterocycles. The zero-order valence-electron chi connectivity index (χ0n) is 10.4. The van der Waals surface area contributed by atoms with Gasteiger partial charge in [-0.15, -0.1) is 0 Å². The molecule has 0 radical (unpaired) electrons. The Kier molecular flexibility index (Phi) is 3.72. The van der Waals surface area contributed by atoms with E-state index in [1.165, 1.54) is 37.6 Å². The lowest BCUT2D eigenvalue weighted by Crippen LogP contribution is -2.15. The lowest BCUT2D eigenvalue weighted by molar-refractivity contribution is 0.101. The third-order valence-electron chi connectivity index (χ3n) is 2.40. The van der Waals surface area contributed by atoms with Gasteiger partial charge >= 0.3 is 0 Å². The van der Waals surface area contributed by atoms with Gasteiger partial charge in [-0.1, -0.05) is 5.16 Å². The molecule has 1 heterocycles. The average Bonchev–Trinajstić information content (AvgIpc) is 2.91. The summed E-state index contributed by atoms with van der Waals surface area (Å²) in [6.45, 7) is 0. The van der Waals surface area contributed by atoms with Gasteiger partial charge in [0.1, 0.15) is 16.9 Å². The van der Waals surface area contributed by atoms with Gasteiger partial charge in [-0.2, -0.15) is 0 Å². The Morgan fingerprint density at radius 3 is 2.70 bits per heavy atom. The van der Waals surface area contributed by atoms with E-state index in [1.807, 2.05) is 0 Å². The Bertz CT molecular complexity index is 725. The number of hydrogen-bond donors (Lipinski definition) is 2. The molecule has 0 aliphatic heterocycles. The van der Waals surface area contributed by atoms with Crippen LogP contribution in [0.3, 0.4) is 0 Å². The first-order chi connectivity index (χ1) is 9.41. The van der Waals surface area contributed by atoms with E-state index in [-0.39, 0.29) is 16.3 Å². The van der Waals surface area contributed by atoms with Gasteiger partial charge < -0.3 is 14.6 Å². The van der Waals surface area contributed by atoms with Gasteiger partial charge in [0.05, 0.1) is 7.11 Å². The second-order valence-corrected chi connectivity index (χ2v) is 5.28. The van der Waals surface area contributed by atoms with Crippen LogP contribution in [0.25, 0.3) is 0 Å². The standard InChI is InChI=1S/C11H11N3O5S/c1-18-9-6-7(2-3-10(9)20(12,16)17)13-11(15)8-4-5-19-14-8/h2-6H,1H3,(H,13,15)(H2,12,16,17). The summed E-state index contributed by atoms with van der Waals surface area (Å²) in [7, 11) is -2.60. The van der Waals surface area contributed by atoms with Crippen molar-refractivity contribution in [1.82, 2.24) is 5.16 Å². The number of primary sulfonamides is 1. The predicted octanol–water partition coefficient (Wildman–Crippen LogP) is 0.583. The number of ether oxygens (including phenoxy) is 1. The summed E-state index contributed by atoms with van der Waals surface area (Å²) in [6, 6.07) is 5.37. The molecule has 2 rings (SSSR count). The van der Waals surface area contributed by atoms with Crippen LogP contribution in [0.1, 0.15) is 10.5 Å². The molecule has 3 N–H and O–H groups in total. The molecule has 106 valence electrons. The first-order valence-corrected chi connectivity index (χ1v) is 6.89. The smallest absolute Gasteiger partial charge is 0.277 e. The van der Waals surface area contributed by atoms with Crippen molar-refractivity contribution in [3.63, 3.8) is 0 Å². The van der Waals surface area contributed by atoms with E-state index in [0.29, 0.717) is 5.69 Å². The van der Waals surface area contributed by atoms with Gasteiger partial charge in [-0.05, 0) is 12.1 Å². The fraction of sp³-hybridized carbons (Fsp3) is 0.0909. The number of aromatic nitrogens is 1. The zero-order valence-corrected chi connectivity index (χ0v) is 11.2. The fourth-order valence-corrected chi connectivity index (χ4v) is 2.19. The highest BCUT2D eigenvalue weighted by atomic mass is 32.2. The topological polar surface area (TPSA) is 125 Å². The van der Waals surface area contributed by atoms with Crippen LogP contribution in [0.5, 0.6) is 5.75 Å². The molecule has 1 amide bonds. The number of nitrogens with zero attached hydrogens (tertiary/aromatic N) is 1. The van der Waals surface area contributed by atoms with Crippen molar-refractivity contribution >= 4 is 21.6 Å². The third kappa shape index (κ3) is 2.95. The highest BCUT2D eigenvalue weighted by molar-refractivity contribution is 7.89. The second-order valence-electron chi connectivity index (χ2n) is 3.75. The molecule has 2 aromatic rings. The second kappa shape index (κ2) is 5.31. The molecule has 0 saturated carbocycles. The molecule has 1 aromatic heterocycles. The molecule has 9 heteroatoms. The Hall–Kier alpha value is -2.39. The number of carbonyl (C=O) groups is 1. The molecule has 0 spiro atoms. The number of hydrogen-bond acceptors (Lipinski definition) is 6. The number of amides is 1. The van der Waals surface area contributed by atoms with Crippen molar-refractivity contribution in [2.75, 3.05) is 12.4 Å². The minimum Gasteiger partial charge on any atom is -0.495 e. The highest BCUT2D eigenvalue weighted by Gasteiger charge is 2.16. The summed E-state index contributed by atoms with van der Waals surface area (Å²) >= 11 is 0. The maximum Gasteiger partial charge on any atom is 0.277 e. The quantitative estimate of drug-likeness (QED) is 0.850. The summed E-state index contributed by atoms with van der Waals surface area (Å²) in [5, 5.41) is 11.0. The normalized spacial score (nSPS) is 11.1. The van der Waals surface area contributed by atoms with Crippen molar-refractivity contribution in [3.8, 4) is 5.75 Å². The molecule has 1 aromatic carbocycles. The summed E-state index contributed by atoms with van der Waals surface area (Å²) < 4.78 is 32.1. The summed E-state index contributed by atoms with van der Waals surface area (Å²) in [4.78, 5) is 11.6. The van der Waals surface area contributed by atoms with Crippen LogP contribution in [0.4, 0.5) is 5.69 Å². The molecule has 0 bridgehead atoms. The first kappa shape index (κ1) is 14.0. The molecular weight excluding hydrogens is 286 g/mol. The van der Waals surface area contributed by atoms with Gasteiger partial charge in [0.2, 0.25) is 10.0 Å². The van der Waals surface area contributed by atoms with Crippen molar-refractivity contribution in [1.29, 1.82) is 0 Å². The van der Waals surface area contributed by atoms with E-state index in [9.17, 15) is 13.2 Å². The molecule has 0 aliphatic carbocycles. The van der Waals surface area contributed by atoms with E-state index in [2.05, 4.69) is 15.0 Å². The highest BCUT2D eigenvalue weighted by Crippen LogP contribution is 2.26. The van der Waals surface area contributed by atoms with Gasteiger partial charge in [0.25, 0.3) is 5.91 Å². The van der Waals surface area contributed by atoms with Crippen molar-refractivity contribution < 1.29 is 22.5 Å². The van der Waals surface area contributed by atoms with Crippen LogP contribution < -0.4 is 15.2 Å². The Morgan fingerprint density at radius 1 is 1.40 bits per heavy atom. The van der Waals surface area contributed by atoms with E-state index in [0.717, 1.165) is 0 Å². The van der Waals surface area contributed by atoms with Crippen LogP contribution >= 0.6 is 0 Å². The summed E-state index contributed by atoms with van der Waals surface area (Å²) in [5.41, 5.74) is 0.432. The van der Waals surface area contributed by atoms with Crippen LogP contribution in [-0.2, 0) is 10.0 Å². The summed E-state index contributed by atoms with van der Waals surface area (Å²) in [5.74, 6) is -0.463. The molecule has 20 heavy (non-hydrogen) atoms. The van der Waals surface area contributed by atoms with Crippen molar-refractivity contribution in [2.24, 2.45) is 5.14 Å². The van der Waals surface area contributed by atoms with Gasteiger partial charge in [-0.25, -0.2) is 13.6 Å². The number of nitrogens with two attached hydrogens (primary N) is 1. The van der Waals surface area contributed by atoms with Crippen LogP contribution in [0.2, 0.25) is 0 Å². The minimum absolute atomic E-state index is 0.0328. The number of sulfonamides is 1. The number of methoxy groups -OCH3 is 1. The van der Waals surface area contributed by atoms with Gasteiger partial charge in [-0.3, -0.25) is 4.79 Å². The molecule has 0 fully saturated rings. The molecule has 0 unspecified atom stereocenters.